The highest BCUT2D eigenvalue weighted by molar-refractivity contribution is 14.0. The summed E-state index contributed by atoms with van der Waals surface area (Å²) in [6.07, 6.45) is 0.490. The number of halogens is 1. The number of ether oxygens (including phenoxy) is 1. The van der Waals surface area contributed by atoms with Crippen molar-refractivity contribution >= 4 is 47.4 Å². The Hall–Kier alpha value is -1.10. The van der Waals surface area contributed by atoms with Gasteiger partial charge in [0.25, 0.3) is 0 Å². The maximum atomic E-state index is 12.1. The highest BCUT2D eigenvalue weighted by atomic mass is 127. The number of carbonyl (C=O) groups excluding carboxylic acids is 1. The van der Waals surface area contributed by atoms with Crippen LogP contribution < -0.4 is 5.32 Å². The second-order valence-corrected chi connectivity index (χ2v) is 8.48. The number of hydrogen-bond acceptors (Lipinski definition) is 5. The molecule has 1 atom stereocenters. The number of thiazole rings is 1. The minimum Gasteiger partial charge on any atom is -0.444 e. The number of amides is 1. The van der Waals surface area contributed by atoms with Crippen LogP contribution in [-0.2, 0) is 11.3 Å². The molecule has 7 nitrogen and oxygen atoms in total. The molecule has 0 fully saturated rings. The average Bonchev–Trinajstić information content (AvgIpc) is 2.93. The van der Waals surface area contributed by atoms with Gasteiger partial charge in [-0.3, -0.25) is 4.99 Å². The molecule has 1 aromatic heterocycles. The van der Waals surface area contributed by atoms with E-state index in [4.69, 9.17) is 4.74 Å². The van der Waals surface area contributed by atoms with E-state index in [2.05, 4.69) is 20.7 Å². The Morgan fingerprint density at radius 3 is 2.52 bits per heavy atom. The number of nitrogens with one attached hydrogen (secondary N) is 1. The van der Waals surface area contributed by atoms with Crippen molar-refractivity contribution in [1.82, 2.24) is 20.1 Å². The highest BCUT2D eigenvalue weighted by Crippen LogP contribution is 2.12. The Morgan fingerprint density at radius 1 is 1.41 bits per heavy atom. The Labute approximate surface area is 184 Å². The molecule has 1 aromatic rings. The van der Waals surface area contributed by atoms with Gasteiger partial charge in [-0.2, -0.15) is 0 Å². The first kappa shape index (κ1) is 25.9. The van der Waals surface area contributed by atoms with Gasteiger partial charge in [-0.05, 0) is 41.0 Å². The van der Waals surface area contributed by atoms with Crippen molar-refractivity contribution < 1.29 is 9.53 Å². The first-order valence-corrected chi connectivity index (χ1v) is 9.70. The monoisotopic (exact) mass is 511 g/mol. The molecular formula is C18H34IN5O2S. The lowest BCUT2D eigenvalue weighted by molar-refractivity contribution is 0.0230. The van der Waals surface area contributed by atoms with E-state index in [0.717, 1.165) is 23.1 Å². The number of aromatic nitrogens is 1. The molecule has 0 aromatic carbocycles. The maximum Gasteiger partial charge on any atom is 0.410 e. The standard InChI is InChI=1S/C18H33N5O2S.HI/c1-13(23(8)17(24)25-18(3,4)5)9-10-20-16(19-6)22(7)11-15-12-26-14(2)21-15;/h12-13H,9-11H2,1-8H3,(H,19,20);1H. The van der Waals surface area contributed by atoms with E-state index < -0.39 is 5.60 Å². The zero-order chi connectivity index (χ0) is 19.9. The molecule has 0 aliphatic heterocycles. The van der Waals surface area contributed by atoms with Crippen molar-refractivity contribution in [3.05, 3.63) is 16.1 Å². The minimum atomic E-state index is -0.484. The molecule has 0 saturated carbocycles. The zero-order valence-corrected chi connectivity index (χ0v) is 20.8. The van der Waals surface area contributed by atoms with Crippen LogP contribution in [0.15, 0.2) is 10.4 Å². The lowest BCUT2D eigenvalue weighted by atomic mass is 10.2. The second kappa shape index (κ2) is 11.7. The van der Waals surface area contributed by atoms with E-state index in [1.54, 1.807) is 30.3 Å². The second-order valence-electron chi connectivity index (χ2n) is 7.42. The fourth-order valence-electron chi connectivity index (χ4n) is 2.28. The van der Waals surface area contributed by atoms with Crippen LogP contribution in [0.2, 0.25) is 0 Å². The number of aryl methyl sites for hydroxylation is 1. The Bertz CT molecular complexity index is 615. The van der Waals surface area contributed by atoms with Crippen molar-refractivity contribution in [2.75, 3.05) is 27.7 Å². The number of rotatable bonds is 6. The summed E-state index contributed by atoms with van der Waals surface area (Å²) < 4.78 is 5.40. The number of carbonyl (C=O) groups is 1. The van der Waals surface area contributed by atoms with Crippen LogP contribution in [0.1, 0.15) is 44.8 Å². The van der Waals surface area contributed by atoms with Crippen molar-refractivity contribution in [1.29, 1.82) is 0 Å². The summed E-state index contributed by atoms with van der Waals surface area (Å²) in [5.41, 5.74) is 0.554. The smallest absolute Gasteiger partial charge is 0.410 e. The van der Waals surface area contributed by atoms with Crippen molar-refractivity contribution in [3.8, 4) is 0 Å². The third kappa shape index (κ3) is 9.59. The van der Waals surface area contributed by atoms with Crippen LogP contribution >= 0.6 is 35.3 Å². The molecular weight excluding hydrogens is 477 g/mol. The quantitative estimate of drug-likeness (QED) is 0.358. The predicted octanol–water partition coefficient (Wildman–Crippen LogP) is 3.72. The van der Waals surface area contributed by atoms with Gasteiger partial charge >= 0.3 is 6.09 Å². The summed E-state index contributed by atoms with van der Waals surface area (Å²) in [4.78, 5) is 24.6. The fourth-order valence-corrected chi connectivity index (χ4v) is 2.89. The minimum absolute atomic E-state index is 0. The predicted molar refractivity (Wildman–Crippen MR) is 123 cm³/mol. The van der Waals surface area contributed by atoms with E-state index in [-0.39, 0.29) is 36.1 Å². The van der Waals surface area contributed by atoms with E-state index >= 15 is 0 Å². The average molecular weight is 511 g/mol. The van der Waals surface area contributed by atoms with Crippen LogP contribution in [0.25, 0.3) is 0 Å². The molecule has 0 saturated heterocycles. The fraction of sp³-hybridized carbons (Fsp3) is 0.722. The molecule has 0 aliphatic carbocycles. The number of aliphatic imine (C=N–C) groups is 1. The highest BCUT2D eigenvalue weighted by Gasteiger charge is 2.22. The summed E-state index contributed by atoms with van der Waals surface area (Å²) in [6, 6.07) is 0.0574. The van der Waals surface area contributed by atoms with Gasteiger partial charge in [-0.1, -0.05) is 0 Å². The molecule has 9 heteroatoms. The normalized spacial score (nSPS) is 12.8. The summed E-state index contributed by atoms with van der Waals surface area (Å²) >= 11 is 1.65. The summed E-state index contributed by atoms with van der Waals surface area (Å²) in [5.74, 6) is 0.808. The third-order valence-corrected chi connectivity index (χ3v) is 4.65. The van der Waals surface area contributed by atoms with Crippen LogP contribution in [-0.4, -0.2) is 66.2 Å². The van der Waals surface area contributed by atoms with Gasteiger partial charge in [0.1, 0.15) is 5.60 Å². The van der Waals surface area contributed by atoms with Crippen LogP contribution in [0, 0.1) is 6.92 Å². The number of nitrogens with zero attached hydrogens (tertiary/aromatic N) is 4. The van der Waals surface area contributed by atoms with Crippen LogP contribution in [0.5, 0.6) is 0 Å². The van der Waals surface area contributed by atoms with Crippen molar-refractivity contribution in [2.24, 2.45) is 4.99 Å². The molecule has 1 amide bonds. The van der Waals surface area contributed by atoms with Gasteiger partial charge in [0, 0.05) is 39.1 Å². The molecule has 1 N–H and O–H groups in total. The third-order valence-electron chi connectivity index (χ3n) is 3.83. The SMILES string of the molecule is CN=C(NCCC(C)N(C)C(=O)OC(C)(C)C)N(C)Cc1csc(C)n1.I. The largest absolute Gasteiger partial charge is 0.444 e. The lowest BCUT2D eigenvalue weighted by Gasteiger charge is -2.29. The summed E-state index contributed by atoms with van der Waals surface area (Å²) in [5, 5.41) is 6.47. The van der Waals surface area contributed by atoms with Crippen molar-refractivity contribution in [3.63, 3.8) is 0 Å². The van der Waals surface area contributed by atoms with Gasteiger partial charge in [-0.15, -0.1) is 35.3 Å². The first-order chi connectivity index (χ1) is 12.0. The van der Waals surface area contributed by atoms with Gasteiger partial charge in [0.05, 0.1) is 17.2 Å². The Kier molecular flexibility index (Phi) is 11.2. The van der Waals surface area contributed by atoms with Gasteiger partial charge in [0.2, 0.25) is 0 Å². The summed E-state index contributed by atoms with van der Waals surface area (Å²) in [7, 11) is 5.52. The zero-order valence-electron chi connectivity index (χ0n) is 17.7. The van der Waals surface area contributed by atoms with Crippen LogP contribution in [0.3, 0.4) is 0 Å². The molecule has 1 heterocycles. The topological polar surface area (TPSA) is 70.1 Å². The van der Waals surface area contributed by atoms with Crippen LogP contribution in [0.4, 0.5) is 4.79 Å². The van der Waals surface area contributed by atoms with Gasteiger partial charge < -0.3 is 19.9 Å². The Balaban J connectivity index is 0.00000676. The van der Waals surface area contributed by atoms with E-state index in [1.807, 2.05) is 46.6 Å². The molecule has 0 spiro atoms. The molecule has 1 unspecified atom stereocenters. The molecule has 0 bridgehead atoms. The Morgan fingerprint density at radius 2 is 2.04 bits per heavy atom. The first-order valence-electron chi connectivity index (χ1n) is 8.82. The van der Waals surface area contributed by atoms with Gasteiger partial charge in [0.15, 0.2) is 5.96 Å². The molecule has 0 aliphatic rings. The summed E-state index contributed by atoms with van der Waals surface area (Å²) in [6.45, 7) is 11.0. The molecule has 1 rings (SSSR count). The van der Waals surface area contributed by atoms with E-state index in [9.17, 15) is 4.79 Å². The van der Waals surface area contributed by atoms with E-state index in [0.29, 0.717) is 13.1 Å². The van der Waals surface area contributed by atoms with Crippen molar-refractivity contribution in [2.45, 2.75) is 59.2 Å². The molecule has 156 valence electrons. The molecule has 27 heavy (non-hydrogen) atoms. The number of guanidine groups is 1. The maximum absolute atomic E-state index is 12.1. The lowest BCUT2D eigenvalue weighted by Crippen LogP contribution is -2.43. The van der Waals surface area contributed by atoms with E-state index in [1.165, 1.54) is 0 Å². The molecule has 0 radical (unpaired) electrons. The van der Waals surface area contributed by atoms with Gasteiger partial charge in [-0.25, -0.2) is 9.78 Å². The number of hydrogen-bond donors (Lipinski definition) is 1.